The summed E-state index contributed by atoms with van der Waals surface area (Å²) >= 11 is 1.16. The Kier molecular flexibility index (Phi) is 3.80. The largest absolute Gasteiger partial charge is 0.383 e. The van der Waals surface area contributed by atoms with Crippen molar-refractivity contribution in [3.63, 3.8) is 0 Å². The number of nitrogen functional groups attached to an aromatic ring is 1. The van der Waals surface area contributed by atoms with E-state index in [1.165, 1.54) is 18.3 Å². The monoisotopic (exact) mass is 279 g/mol. The van der Waals surface area contributed by atoms with Crippen LogP contribution in [0.5, 0.6) is 0 Å². The molecule has 0 bridgehead atoms. The van der Waals surface area contributed by atoms with Crippen molar-refractivity contribution >= 4 is 23.3 Å². The van der Waals surface area contributed by atoms with Crippen LogP contribution in [0.2, 0.25) is 0 Å². The topological polar surface area (TPSA) is 62.8 Å². The minimum atomic E-state index is -0.630. The second kappa shape index (κ2) is 5.36. The molecule has 0 saturated heterocycles. The maximum atomic E-state index is 13.1. The highest BCUT2D eigenvalue weighted by Gasteiger charge is 2.07. The summed E-state index contributed by atoms with van der Waals surface area (Å²) in [7, 11) is 0. The van der Waals surface area contributed by atoms with Gasteiger partial charge in [-0.3, -0.25) is 0 Å². The molecule has 3 nitrogen and oxygen atoms in total. The maximum absolute atomic E-state index is 13.1. The fraction of sp³-hybridized carbons (Fsp3) is 0.0769. The number of rotatable bonds is 3. The molecule has 1 aromatic carbocycles. The molecule has 0 aliphatic heterocycles. The van der Waals surface area contributed by atoms with Crippen LogP contribution < -0.4 is 5.73 Å². The van der Waals surface area contributed by atoms with E-state index in [9.17, 15) is 8.78 Å². The van der Waals surface area contributed by atoms with Crippen LogP contribution >= 0.6 is 11.8 Å². The average molecular weight is 279 g/mol. The maximum Gasteiger partial charge on any atom is 0.132 e. The van der Waals surface area contributed by atoms with Gasteiger partial charge in [0, 0.05) is 33.3 Å². The number of hydrogen-bond donors (Lipinski definition) is 2. The van der Waals surface area contributed by atoms with E-state index in [0.717, 1.165) is 17.8 Å². The molecule has 0 unspecified atom stereocenters. The van der Waals surface area contributed by atoms with Crippen LogP contribution in [0.3, 0.4) is 0 Å². The summed E-state index contributed by atoms with van der Waals surface area (Å²) < 4.78 is 26.2. The van der Waals surface area contributed by atoms with Crippen LogP contribution in [0.25, 0.3) is 0 Å². The number of nitrogens with two attached hydrogens (primary N) is 1. The van der Waals surface area contributed by atoms with Gasteiger partial charge in [0.2, 0.25) is 0 Å². The lowest BCUT2D eigenvalue weighted by molar-refractivity contribution is 0.577. The normalized spacial score (nSPS) is 10.5. The molecule has 0 aliphatic rings. The van der Waals surface area contributed by atoms with Crippen molar-refractivity contribution in [1.29, 1.82) is 5.41 Å². The summed E-state index contributed by atoms with van der Waals surface area (Å²) in [5, 5.41) is 7.57. The molecule has 2 aromatic rings. The van der Waals surface area contributed by atoms with Gasteiger partial charge in [0.25, 0.3) is 0 Å². The minimum absolute atomic E-state index is 0.266. The third-order valence-electron chi connectivity index (χ3n) is 2.37. The third kappa shape index (κ3) is 3.29. The zero-order valence-electron chi connectivity index (χ0n) is 10.1. The molecule has 0 saturated carbocycles. The Bertz CT molecular complexity index is 624. The molecule has 3 N–H and O–H groups in total. The van der Waals surface area contributed by atoms with E-state index in [1.807, 2.05) is 0 Å². The Morgan fingerprint density at radius 3 is 2.37 bits per heavy atom. The van der Waals surface area contributed by atoms with E-state index in [2.05, 4.69) is 4.98 Å². The zero-order valence-corrected chi connectivity index (χ0v) is 10.9. The van der Waals surface area contributed by atoms with Gasteiger partial charge in [0.1, 0.15) is 17.5 Å². The summed E-state index contributed by atoms with van der Waals surface area (Å²) in [4.78, 5) is 5.07. The molecule has 0 amide bonds. The van der Waals surface area contributed by atoms with Crippen LogP contribution in [0.4, 0.5) is 14.6 Å². The van der Waals surface area contributed by atoms with Crippen molar-refractivity contribution in [2.75, 3.05) is 5.73 Å². The van der Waals surface area contributed by atoms with Gasteiger partial charge in [0.15, 0.2) is 0 Å². The van der Waals surface area contributed by atoms with E-state index in [1.54, 1.807) is 13.0 Å². The first-order chi connectivity index (χ1) is 8.95. The Labute approximate surface area is 113 Å². The molecular formula is C13H11F2N3S. The number of aromatic nitrogens is 1. The predicted molar refractivity (Wildman–Crippen MR) is 71.6 cm³/mol. The van der Waals surface area contributed by atoms with E-state index in [4.69, 9.17) is 11.1 Å². The van der Waals surface area contributed by atoms with Gasteiger partial charge >= 0.3 is 0 Å². The smallest absolute Gasteiger partial charge is 0.132 e. The van der Waals surface area contributed by atoms with Crippen LogP contribution in [-0.4, -0.2) is 10.7 Å². The standard InChI is InChI=1S/C13H11F2N3S/c1-7(16)12-5-11(6-18-13(12)17)19-10-3-8(14)2-9(15)4-10/h2-6,16H,1H3,(H2,17,18). The first kappa shape index (κ1) is 13.5. The fourth-order valence-electron chi connectivity index (χ4n) is 1.54. The van der Waals surface area contributed by atoms with Gasteiger partial charge in [-0.2, -0.15) is 0 Å². The van der Waals surface area contributed by atoms with E-state index in [0.29, 0.717) is 15.4 Å². The van der Waals surface area contributed by atoms with Gasteiger partial charge in [-0.05, 0) is 25.1 Å². The number of anilines is 1. The molecule has 98 valence electrons. The average Bonchev–Trinajstić information content (AvgIpc) is 2.30. The van der Waals surface area contributed by atoms with Crippen LogP contribution in [0, 0.1) is 17.0 Å². The van der Waals surface area contributed by atoms with Crippen molar-refractivity contribution in [2.24, 2.45) is 0 Å². The van der Waals surface area contributed by atoms with Gasteiger partial charge in [-0.15, -0.1) is 0 Å². The van der Waals surface area contributed by atoms with Crippen molar-refractivity contribution < 1.29 is 8.78 Å². The number of nitrogens with zero attached hydrogens (tertiary/aromatic N) is 1. The third-order valence-corrected chi connectivity index (χ3v) is 3.30. The molecule has 0 fully saturated rings. The van der Waals surface area contributed by atoms with Crippen LogP contribution in [0.15, 0.2) is 40.3 Å². The summed E-state index contributed by atoms with van der Waals surface area (Å²) in [6.45, 7) is 1.60. The molecule has 0 atom stereocenters. The van der Waals surface area contributed by atoms with Crippen molar-refractivity contribution in [3.8, 4) is 0 Å². The highest BCUT2D eigenvalue weighted by Crippen LogP contribution is 2.30. The lowest BCUT2D eigenvalue weighted by atomic mass is 10.2. The Morgan fingerprint density at radius 2 is 1.79 bits per heavy atom. The van der Waals surface area contributed by atoms with Gasteiger partial charge < -0.3 is 11.1 Å². The van der Waals surface area contributed by atoms with Crippen LogP contribution in [-0.2, 0) is 0 Å². The minimum Gasteiger partial charge on any atom is -0.383 e. The van der Waals surface area contributed by atoms with Crippen LogP contribution in [0.1, 0.15) is 12.5 Å². The summed E-state index contributed by atoms with van der Waals surface area (Å²) in [5.41, 5.74) is 6.46. The Balaban J connectivity index is 2.33. The van der Waals surface area contributed by atoms with Crippen molar-refractivity contribution in [2.45, 2.75) is 16.7 Å². The lowest BCUT2D eigenvalue weighted by Gasteiger charge is -2.06. The summed E-state index contributed by atoms with van der Waals surface area (Å²) in [5.74, 6) is -0.994. The first-order valence-electron chi connectivity index (χ1n) is 5.40. The number of pyridine rings is 1. The molecular weight excluding hydrogens is 268 g/mol. The zero-order chi connectivity index (χ0) is 14.0. The quantitative estimate of drug-likeness (QED) is 0.845. The molecule has 0 radical (unpaired) electrons. The summed E-state index contributed by atoms with van der Waals surface area (Å²) in [6, 6.07) is 4.97. The molecule has 0 spiro atoms. The Hall–Kier alpha value is -1.95. The molecule has 1 aromatic heterocycles. The number of halogens is 2. The highest BCUT2D eigenvalue weighted by molar-refractivity contribution is 7.99. The van der Waals surface area contributed by atoms with Crippen molar-refractivity contribution in [1.82, 2.24) is 4.98 Å². The van der Waals surface area contributed by atoms with Gasteiger partial charge in [-0.25, -0.2) is 13.8 Å². The van der Waals surface area contributed by atoms with Gasteiger partial charge in [-0.1, -0.05) is 11.8 Å². The van der Waals surface area contributed by atoms with E-state index >= 15 is 0 Å². The Morgan fingerprint density at radius 1 is 1.16 bits per heavy atom. The molecule has 2 rings (SSSR count). The van der Waals surface area contributed by atoms with Gasteiger partial charge in [0.05, 0.1) is 0 Å². The SMILES string of the molecule is CC(=N)c1cc(Sc2cc(F)cc(F)c2)cnc1N. The molecule has 6 heteroatoms. The second-order valence-electron chi connectivity index (χ2n) is 3.94. The van der Waals surface area contributed by atoms with E-state index in [-0.39, 0.29) is 11.5 Å². The predicted octanol–water partition coefficient (Wildman–Crippen LogP) is 3.48. The van der Waals surface area contributed by atoms with E-state index < -0.39 is 11.6 Å². The first-order valence-corrected chi connectivity index (χ1v) is 6.22. The highest BCUT2D eigenvalue weighted by atomic mass is 32.2. The number of hydrogen-bond acceptors (Lipinski definition) is 4. The summed E-state index contributed by atoms with van der Waals surface area (Å²) in [6.07, 6.45) is 1.51. The number of benzene rings is 1. The number of nitrogens with one attached hydrogen (secondary N) is 1. The van der Waals surface area contributed by atoms with Crippen molar-refractivity contribution in [3.05, 3.63) is 47.7 Å². The molecule has 0 aliphatic carbocycles. The molecule has 1 heterocycles. The molecule has 19 heavy (non-hydrogen) atoms. The fourth-order valence-corrected chi connectivity index (χ4v) is 2.43. The second-order valence-corrected chi connectivity index (χ2v) is 5.08. The lowest BCUT2D eigenvalue weighted by Crippen LogP contribution is -2.02.